The van der Waals surface area contributed by atoms with Crippen LogP contribution in [-0.4, -0.2) is 10.2 Å². The fourth-order valence-corrected chi connectivity index (χ4v) is 5.75. The van der Waals surface area contributed by atoms with Gasteiger partial charge in [-0.1, -0.05) is 60.7 Å². The first-order valence-corrected chi connectivity index (χ1v) is 11.8. The van der Waals surface area contributed by atoms with Crippen molar-refractivity contribution < 1.29 is 19.0 Å². The number of para-hydroxylation sites is 2. The lowest BCUT2D eigenvalue weighted by molar-refractivity contribution is 0.470. The van der Waals surface area contributed by atoms with Gasteiger partial charge in [-0.2, -0.15) is 0 Å². The highest BCUT2D eigenvalue weighted by Gasteiger charge is 2.23. The first kappa shape index (κ1) is 19.4. The molecule has 0 fully saturated rings. The van der Waals surface area contributed by atoms with Crippen molar-refractivity contribution in [3.63, 3.8) is 0 Å². The standard InChI is InChI=1S/C32H18O4/c33-21-13-9-17-11-15-25-29(19-5-1-3-7-23(19)35-25)27(17)31(21)32-22(34)14-10-18-12-16-26-30(28(18)32)20-6-2-4-8-24(20)36-26/h1-16,33-34H. The Morgan fingerprint density at radius 2 is 0.806 bits per heavy atom. The first-order chi connectivity index (χ1) is 17.7. The second-order valence-electron chi connectivity index (χ2n) is 9.19. The summed E-state index contributed by atoms with van der Waals surface area (Å²) in [5.74, 6) is 0.181. The van der Waals surface area contributed by atoms with E-state index in [0.717, 1.165) is 65.4 Å². The lowest BCUT2D eigenvalue weighted by Gasteiger charge is -2.15. The lowest BCUT2D eigenvalue weighted by atomic mass is 9.88. The Hall–Kier alpha value is -4.96. The Balaban J connectivity index is 1.66. The minimum atomic E-state index is 0.0906. The average molecular weight is 466 g/mol. The molecule has 0 amide bonds. The van der Waals surface area contributed by atoms with Gasteiger partial charge in [0.05, 0.1) is 0 Å². The van der Waals surface area contributed by atoms with Crippen molar-refractivity contribution in [3.8, 4) is 22.6 Å². The van der Waals surface area contributed by atoms with Crippen molar-refractivity contribution in [1.29, 1.82) is 0 Å². The van der Waals surface area contributed by atoms with E-state index in [1.165, 1.54) is 0 Å². The molecule has 0 saturated carbocycles. The normalized spacial score (nSPS) is 12.1. The van der Waals surface area contributed by atoms with Crippen molar-refractivity contribution in [2.75, 3.05) is 0 Å². The molecule has 8 rings (SSSR count). The summed E-state index contributed by atoms with van der Waals surface area (Å²) >= 11 is 0. The number of fused-ring (bicyclic) bond motifs is 10. The fourth-order valence-electron chi connectivity index (χ4n) is 5.75. The maximum absolute atomic E-state index is 11.4. The number of phenols is 2. The zero-order valence-corrected chi connectivity index (χ0v) is 18.9. The smallest absolute Gasteiger partial charge is 0.136 e. The van der Waals surface area contributed by atoms with Gasteiger partial charge < -0.3 is 19.0 Å². The van der Waals surface area contributed by atoms with Crippen LogP contribution >= 0.6 is 0 Å². The number of phenolic OH excluding ortho intramolecular Hbond substituents is 2. The van der Waals surface area contributed by atoms with Crippen LogP contribution in [-0.2, 0) is 0 Å². The van der Waals surface area contributed by atoms with Crippen LogP contribution in [0.2, 0.25) is 0 Å². The Kier molecular flexibility index (Phi) is 3.66. The van der Waals surface area contributed by atoms with E-state index < -0.39 is 0 Å². The van der Waals surface area contributed by atoms with E-state index in [-0.39, 0.29) is 11.5 Å². The third kappa shape index (κ3) is 2.42. The highest BCUT2D eigenvalue weighted by molar-refractivity contribution is 6.29. The summed E-state index contributed by atoms with van der Waals surface area (Å²) < 4.78 is 12.3. The molecule has 0 spiro atoms. The van der Waals surface area contributed by atoms with Crippen LogP contribution in [0.25, 0.3) is 76.5 Å². The SMILES string of the molecule is Oc1ccc2ccc3oc4ccccc4c3c2c1-c1c(O)ccc2ccc3oc4ccccc4c3c12. The van der Waals surface area contributed by atoms with Gasteiger partial charge in [-0.15, -0.1) is 0 Å². The van der Waals surface area contributed by atoms with Gasteiger partial charge in [0.25, 0.3) is 0 Å². The van der Waals surface area contributed by atoms with Crippen LogP contribution in [0.4, 0.5) is 0 Å². The van der Waals surface area contributed by atoms with Gasteiger partial charge in [0, 0.05) is 43.4 Å². The van der Waals surface area contributed by atoms with Crippen LogP contribution in [0, 0.1) is 0 Å². The molecule has 6 aromatic carbocycles. The van der Waals surface area contributed by atoms with Crippen molar-refractivity contribution >= 4 is 65.4 Å². The molecule has 0 aliphatic heterocycles. The topological polar surface area (TPSA) is 66.7 Å². The van der Waals surface area contributed by atoms with E-state index in [1.807, 2.05) is 84.9 Å². The first-order valence-electron chi connectivity index (χ1n) is 11.8. The second-order valence-corrected chi connectivity index (χ2v) is 9.19. The number of rotatable bonds is 1. The quantitative estimate of drug-likeness (QED) is 0.253. The summed E-state index contributed by atoms with van der Waals surface area (Å²) in [4.78, 5) is 0. The molecule has 0 saturated heterocycles. The molecule has 2 aromatic heterocycles. The van der Waals surface area contributed by atoms with Gasteiger partial charge >= 0.3 is 0 Å². The van der Waals surface area contributed by atoms with Gasteiger partial charge in [0.1, 0.15) is 33.8 Å². The Bertz CT molecular complexity index is 2020. The molecule has 0 aliphatic rings. The summed E-state index contributed by atoms with van der Waals surface area (Å²) in [5, 5.41) is 30.1. The number of aromatic hydroxyl groups is 2. The van der Waals surface area contributed by atoms with E-state index >= 15 is 0 Å². The highest BCUT2D eigenvalue weighted by atomic mass is 16.3. The third-order valence-corrected chi connectivity index (χ3v) is 7.26. The molecule has 0 radical (unpaired) electrons. The van der Waals surface area contributed by atoms with Crippen LogP contribution in [0.5, 0.6) is 11.5 Å². The van der Waals surface area contributed by atoms with Crippen LogP contribution in [0.15, 0.2) is 106 Å². The molecule has 0 aliphatic carbocycles. The summed E-state index contributed by atoms with van der Waals surface area (Å²) in [6.07, 6.45) is 0. The van der Waals surface area contributed by atoms with E-state index in [4.69, 9.17) is 8.83 Å². The van der Waals surface area contributed by atoms with Crippen LogP contribution < -0.4 is 0 Å². The second kappa shape index (κ2) is 6.80. The molecular formula is C32H18O4. The molecule has 170 valence electrons. The molecule has 4 heteroatoms. The minimum absolute atomic E-state index is 0.0906. The maximum atomic E-state index is 11.4. The van der Waals surface area contributed by atoms with Crippen molar-refractivity contribution in [2.24, 2.45) is 0 Å². The Morgan fingerprint density at radius 1 is 0.389 bits per heavy atom. The average Bonchev–Trinajstić information content (AvgIpc) is 3.47. The minimum Gasteiger partial charge on any atom is -0.507 e. The Labute approximate surface area is 204 Å². The highest BCUT2D eigenvalue weighted by Crippen LogP contribution is 2.50. The summed E-state index contributed by atoms with van der Waals surface area (Å²) in [7, 11) is 0. The lowest BCUT2D eigenvalue weighted by Crippen LogP contribution is -1.88. The molecule has 36 heavy (non-hydrogen) atoms. The Morgan fingerprint density at radius 3 is 1.28 bits per heavy atom. The predicted molar refractivity (Wildman–Crippen MR) is 145 cm³/mol. The van der Waals surface area contributed by atoms with E-state index in [1.54, 1.807) is 12.1 Å². The monoisotopic (exact) mass is 466 g/mol. The van der Waals surface area contributed by atoms with Crippen LogP contribution in [0.1, 0.15) is 0 Å². The van der Waals surface area contributed by atoms with Crippen molar-refractivity contribution in [2.45, 2.75) is 0 Å². The zero-order valence-electron chi connectivity index (χ0n) is 18.9. The number of benzene rings is 6. The fraction of sp³-hybridized carbons (Fsp3) is 0. The number of hydrogen-bond donors (Lipinski definition) is 2. The van der Waals surface area contributed by atoms with E-state index in [0.29, 0.717) is 11.1 Å². The molecule has 2 heterocycles. The molecule has 0 atom stereocenters. The molecule has 2 N–H and O–H groups in total. The summed E-state index contributed by atoms with van der Waals surface area (Å²) in [6.45, 7) is 0. The molecular weight excluding hydrogens is 448 g/mol. The molecule has 4 nitrogen and oxygen atoms in total. The summed E-state index contributed by atoms with van der Waals surface area (Å²) in [5.41, 5.74) is 4.17. The molecule has 0 unspecified atom stereocenters. The van der Waals surface area contributed by atoms with E-state index in [2.05, 4.69) is 0 Å². The van der Waals surface area contributed by atoms with Gasteiger partial charge in [0.2, 0.25) is 0 Å². The number of hydrogen-bond acceptors (Lipinski definition) is 4. The maximum Gasteiger partial charge on any atom is 0.136 e. The van der Waals surface area contributed by atoms with Gasteiger partial charge in [-0.25, -0.2) is 0 Å². The van der Waals surface area contributed by atoms with E-state index in [9.17, 15) is 10.2 Å². The summed E-state index contributed by atoms with van der Waals surface area (Å²) in [6, 6.07) is 30.9. The van der Waals surface area contributed by atoms with Crippen molar-refractivity contribution in [1.82, 2.24) is 0 Å². The zero-order chi connectivity index (χ0) is 24.0. The molecule has 0 bridgehead atoms. The van der Waals surface area contributed by atoms with Crippen LogP contribution in [0.3, 0.4) is 0 Å². The molecule has 8 aromatic rings. The van der Waals surface area contributed by atoms with Crippen molar-refractivity contribution in [3.05, 3.63) is 97.1 Å². The predicted octanol–water partition coefficient (Wildman–Crippen LogP) is 8.87. The van der Waals surface area contributed by atoms with Gasteiger partial charge in [-0.05, 0) is 47.2 Å². The number of furan rings is 2. The third-order valence-electron chi connectivity index (χ3n) is 7.26. The van der Waals surface area contributed by atoms with Gasteiger partial charge in [-0.3, -0.25) is 0 Å². The van der Waals surface area contributed by atoms with Gasteiger partial charge in [0.15, 0.2) is 0 Å². The largest absolute Gasteiger partial charge is 0.507 e.